The third kappa shape index (κ3) is 3.40. The van der Waals surface area contributed by atoms with Crippen molar-refractivity contribution in [1.82, 2.24) is 5.32 Å². The molecule has 12 heavy (non-hydrogen) atoms. The summed E-state index contributed by atoms with van der Waals surface area (Å²) >= 11 is 0. The Kier molecular flexibility index (Phi) is 4.38. The maximum absolute atomic E-state index is 11.1. The van der Waals surface area contributed by atoms with Crippen LogP contribution in [0.15, 0.2) is 0 Å². The van der Waals surface area contributed by atoms with E-state index in [4.69, 9.17) is 6.42 Å². The quantitative estimate of drug-likeness (QED) is 0.376. The molecule has 0 spiro atoms. The molecule has 0 bridgehead atoms. The zero-order valence-electron chi connectivity index (χ0n) is 7.81. The van der Waals surface area contributed by atoms with Crippen molar-refractivity contribution in [2.75, 3.05) is 20.2 Å². The summed E-state index contributed by atoms with van der Waals surface area (Å²) in [5.41, 5.74) is -0.508. The minimum absolute atomic E-state index is 0.230. The highest BCUT2D eigenvalue weighted by Crippen LogP contribution is 2.14. The second-order valence-corrected chi connectivity index (χ2v) is 3.18. The Bertz CT molecular complexity index is 191. The van der Waals surface area contributed by atoms with E-state index in [1.165, 1.54) is 7.11 Å². The van der Waals surface area contributed by atoms with Gasteiger partial charge in [-0.15, -0.1) is 6.42 Å². The Labute approximate surface area is 73.5 Å². The van der Waals surface area contributed by atoms with Crippen LogP contribution in [-0.2, 0) is 9.53 Å². The molecule has 3 heteroatoms. The van der Waals surface area contributed by atoms with E-state index in [-0.39, 0.29) is 5.97 Å². The summed E-state index contributed by atoms with van der Waals surface area (Å²) in [6.45, 7) is 4.62. The number of methoxy groups -OCH3 is 1. The Balaban J connectivity index is 3.88. The van der Waals surface area contributed by atoms with Gasteiger partial charge in [-0.2, -0.15) is 0 Å². The second-order valence-electron chi connectivity index (χ2n) is 3.18. The zero-order chi connectivity index (χ0) is 9.61. The number of rotatable bonds is 4. The SMILES string of the molecule is C#CCNCC(C)(C)C(=O)OC. The van der Waals surface area contributed by atoms with Crippen LogP contribution in [0.4, 0.5) is 0 Å². The number of esters is 1. The third-order valence-corrected chi connectivity index (χ3v) is 1.53. The Morgan fingerprint density at radius 1 is 1.67 bits per heavy atom. The predicted octanol–water partition coefficient (Wildman–Crippen LogP) is 0.408. The summed E-state index contributed by atoms with van der Waals surface area (Å²) in [6, 6.07) is 0. The average molecular weight is 169 g/mol. The predicted molar refractivity (Wildman–Crippen MR) is 47.5 cm³/mol. The molecule has 68 valence electrons. The lowest BCUT2D eigenvalue weighted by molar-refractivity contribution is -0.150. The van der Waals surface area contributed by atoms with Gasteiger partial charge < -0.3 is 10.1 Å². The van der Waals surface area contributed by atoms with Gasteiger partial charge in [0.15, 0.2) is 0 Å². The van der Waals surface area contributed by atoms with Crippen LogP contribution >= 0.6 is 0 Å². The van der Waals surface area contributed by atoms with Crippen LogP contribution < -0.4 is 5.32 Å². The number of hydrogen-bond donors (Lipinski definition) is 1. The number of ether oxygens (including phenoxy) is 1. The van der Waals surface area contributed by atoms with Crippen molar-refractivity contribution in [1.29, 1.82) is 0 Å². The van der Waals surface area contributed by atoms with Crippen LogP contribution in [0.5, 0.6) is 0 Å². The summed E-state index contributed by atoms with van der Waals surface area (Å²) < 4.78 is 4.62. The van der Waals surface area contributed by atoms with Crippen molar-refractivity contribution in [3.05, 3.63) is 0 Å². The van der Waals surface area contributed by atoms with E-state index in [1.54, 1.807) is 0 Å². The van der Waals surface area contributed by atoms with E-state index in [0.29, 0.717) is 13.1 Å². The first kappa shape index (κ1) is 11.0. The van der Waals surface area contributed by atoms with Crippen molar-refractivity contribution in [3.8, 4) is 12.3 Å². The average Bonchev–Trinajstić information content (AvgIpc) is 2.03. The first-order chi connectivity index (χ1) is 5.54. The van der Waals surface area contributed by atoms with Gasteiger partial charge in [0.05, 0.1) is 19.1 Å². The molecular formula is C9H15NO2. The van der Waals surface area contributed by atoms with Gasteiger partial charge in [0.2, 0.25) is 0 Å². The Morgan fingerprint density at radius 3 is 2.67 bits per heavy atom. The summed E-state index contributed by atoms with van der Waals surface area (Å²) in [4.78, 5) is 11.1. The summed E-state index contributed by atoms with van der Waals surface area (Å²) in [5.74, 6) is 2.20. The highest BCUT2D eigenvalue weighted by molar-refractivity contribution is 5.76. The van der Waals surface area contributed by atoms with Crippen LogP contribution in [0.2, 0.25) is 0 Å². The highest BCUT2D eigenvalue weighted by Gasteiger charge is 2.27. The molecule has 0 saturated heterocycles. The number of hydrogen-bond acceptors (Lipinski definition) is 3. The molecule has 0 aromatic heterocycles. The highest BCUT2D eigenvalue weighted by atomic mass is 16.5. The molecule has 0 rings (SSSR count). The van der Waals surface area contributed by atoms with E-state index < -0.39 is 5.41 Å². The summed E-state index contributed by atoms with van der Waals surface area (Å²) in [5, 5.41) is 2.95. The van der Waals surface area contributed by atoms with E-state index in [9.17, 15) is 4.79 Å². The molecule has 0 atom stereocenters. The van der Waals surface area contributed by atoms with Gasteiger partial charge in [-0.25, -0.2) is 0 Å². The van der Waals surface area contributed by atoms with E-state index in [1.807, 2.05) is 13.8 Å². The van der Waals surface area contributed by atoms with Gasteiger partial charge >= 0.3 is 5.97 Å². The van der Waals surface area contributed by atoms with E-state index >= 15 is 0 Å². The lowest BCUT2D eigenvalue weighted by Crippen LogP contribution is -2.37. The fourth-order valence-electron chi connectivity index (χ4n) is 0.796. The molecule has 1 N–H and O–H groups in total. The van der Waals surface area contributed by atoms with Crippen LogP contribution in [-0.4, -0.2) is 26.2 Å². The first-order valence-corrected chi connectivity index (χ1v) is 3.77. The maximum Gasteiger partial charge on any atom is 0.312 e. The van der Waals surface area contributed by atoms with E-state index in [2.05, 4.69) is 16.0 Å². The molecule has 0 radical (unpaired) electrons. The maximum atomic E-state index is 11.1. The molecule has 0 aliphatic heterocycles. The second kappa shape index (κ2) is 4.78. The van der Waals surface area contributed by atoms with Crippen LogP contribution in [0.3, 0.4) is 0 Å². The standard InChI is InChI=1S/C9H15NO2/c1-5-6-10-7-9(2,3)8(11)12-4/h1,10H,6-7H2,2-4H3. The molecule has 0 amide bonds. The number of carbonyl (C=O) groups excluding carboxylic acids is 1. The summed E-state index contributed by atoms with van der Waals surface area (Å²) in [7, 11) is 1.38. The first-order valence-electron chi connectivity index (χ1n) is 3.77. The number of nitrogens with one attached hydrogen (secondary N) is 1. The third-order valence-electron chi connectivity index (χ3n) is 1.53. The van der Waals surface area contributed by atoms with Crippen LogP contribution in [0.25, 0.3) is 0 Å². The topological polar surface area (TPSA) is 38.3 Å². The van der Waals surface area contributed by atoms with Crippen molar-refractivity contribution in [3.63, 3.8) is 0 Å². The molecule has 3 nitrogen and oxygen atoms in total. The minimum atomic E-state index is -0.508. The monoisotopic (exact) mass is 169 g/mol. The van der Waals surface area contributed by atoms with Gasteiger partial charge in [0, 0.05) is 6.54 Å². The summed E-state index contributed by atoms with van der Waals surface area (Å²) in [6.07, 6.45) is 5.04. The molecule has 0 fully saturated rings. The number of carbonyl (C=O) groups is 1. The van der Waals surface area contributed by atoms with Crippen LogP contribution in [0.1, 0.15) is 13.8 Å². The van der Waals surface area contributed by atoms with Gasteiger partial charge in [-0.1, -0.05) is 5.92 Å². The minimum Gasteiger partial charge on any atom is -0.469 e. The molecule has 0 saturated carbocycles. The number of terminal acetylenes is 1. The van der Waals surface area contributed by atoms with Crippen molar-refractivity contribution < 1.29 is 9.53 Å². The van der Waals surface area contributed by atoms with Gasteiger partial charge in [0.25, 0.3) is 0 Å². The van der Waals surface area contributed by atoms with Gasteiger partial charge in [-0.05, 0) is 13.8 Å². The van der Waals surface area contributed by atoms with Crippen molar-refractivity contribution >= 4 is 5.97 Å². The van der Waals surface area contributed by atoms with Crippen molar-refractivity contribution in [2.24, 2.45) is 5.41 Å². The molecule has 0 aliphatic rings. The zero-order valence-corrected chi connectivity index (χ0v) is 7.81. The molecule has 0 aliphatic carbocycles. The molecule has 0 aromatic rings. The molecular weight excluding hydrogens is 154 g/mol. The largest absolute Gasteiger partial charge is 0.469 e. The van der Waals surface area contributed by atoms with E-state index in [0.717, 1.165) is 0 Å². The molecule has 0 aromatic carbocycles. The molecule has 0 heterocycles. The van der Waals surface area contributed by atoms with Gasteiger partial charge in [0.1, 0.15) is 0 Å². The molecule has 0 unspecified atom stereocenters. The smallest absolute Gasteiger partial charge is 0.312 e. The Hall–Kier alpha value is -1.01. The van der Waals surface area contributed by atoms with Crippen molar-refractivity contribution in [2.45, 2.75) is 13.8 Å². The van der Waals surface area contributed by atoms with Gasteiger partial charge in [-0.3, -0.25) is 4.79 Å². The fourth-order valence-corrected chi connectivity index (χ4v) is 0.796. The normalized spacial score (nSPS) is 10.5. The fraction of sp³-hybridized carbons (Fsp3) is 0.667. The Morgan fingerprint density at radius 2 is 2.25 bits per heavy atom. The lowest BCUT2D eigenvalue weighted by Gasteiger charge is -2.20. The van der Waals surface area contributed by atoms with Crippen LogP contribution in [0, 0.1) is 17.8 Å². The lowest BCUT2D eigenvalue weighted by atomic mass is 9.94.